The number of carbonyl (C=O) groups is 2. The number of carboxylic acid groups (broad SMARTS) is 1. The second kappa shape index (κ2) is 12.8. The smallest absolute Gasteiger partial charge is 0.303 e. The first-order chi connectivity index (χ1) is 15.8. The molecule has 1 amide bonds. The molecule has 0 aliphatic rings. The molecule has 0 bridgehead atoms. The largest absolute Gasteiger partial charge is 0.481 e. The highest BCUT2D eigenvalue weighted by molar-refractivity contribution is 6.11. The number of hydrogen-bond donors (Lipinski definition) is 3. The molecule has 0 saturated heterocycles. The average Bonchev–Trinajstić information content (AvgIpc) is 2.78. The molecule has 1 heterocycles. The fraction of sp³-hybridized carbons (Fsp3) is 0.320. The Kier molecular flexibility index (Phi) is 9.78. The number of amidine groups is 1. The van der Waals surface area contributed by atoms with Crippen molar-refractivity contribution in [2.45, 2.75) is 33.1 Å². The lowest BCUT2D eigenvalue weighted by atomic mass is 9.97. The summed E-state index contributed by atoms with van der Waals surface area (Å²) in [6.45, 7) is 4.42. The van der Waals surface area contributed by atoms with E-state index in [4.69, 9.17) is 10.8 Å². The van der Waals surface area contributed by atoms with Gasteiger partial charge in [0.05, 0.1) is 6.07 Å². The molecule has 172 valence electrons. The van der Waals surface area contributed by atoms with E-state index in [0.29, 0.717) is 25.1 Å². The van der Waals surface area contributed by atoms with Crippen LogP contribution >= 0.6 is 0 Å². The predicted octanol–water partition coefficient (Wildman–Crippen LogP) is 3.86. The summed E-state index contributed by atoms with van der Waals surface area (Å²) in [7, 11) is 0. The Hall–Kier alpha value is -3.99. The van der Waals surface area contributed by atoms with Crippen molar-refractivity contribution >= 4 is 29.0 Å². The third-order valence-electron chi connectivity index (χ3n) is 4.68. The maximum absolute atomic E-state index is 11.8. The zero-order valence-electron chi connectivity index (χ0n) is 18.9. The Balaban J connectivity index is 2.39. The van der Waals surface area contributed by atoms with Crippen LogP contribution in [0.5, 0.6) is 0 Å². The van der Waals surface area contributed by atoms with Crippen molar-refractivity contribution in [2.75, 3.05) is 11.9 Å². The number of primary amides is 1. The monoisotopic (exact) mass is 447 g/mol. The molecular weight excluding hydrogens is 418 g/mol. The number of nitrogens with one attached hydrogen (secondary N) is 1. The number of nitrogens with zero attached hydrogens (tertiary/aromatic N) is 3. The van der Waals surface area contributed by atoms with Gasteiger partial charge in [-0.05, 0) is 48.1 Å². The molecule has 1 aromatic carbocycles. The van der Waals surface area contributed by atoms with E-state index in [1.165, 1.54) is 0 Å². The highest BCUT2D eigenvalue weighted by atomic mass is 16.4. The van der Waals surface area contributed by atoms with Crippen LogP contribution < -0.4 is 11.1 Å². The summed E-state index contributed by atoms with van der Waals surface area (Å²) in [4.78, 5) is 31.2. The molecule has 0 aliphatic heterocycles. The lowest BCUT2D eigenvalue weighted by Crippen LogP contribution is -2.34. The number of allylic oxidation sites excluding steroid dienone is 1. The summed E-state index contributed by atoms with van der Waals surface area (Å²) in [6.07, 6.45) is 6.63. The number of rotatable bonds is 11. The third kappa shape index (κ3) is 8.22. The van der Waals surface area contributed by atoms with Gasteiger partial charge >= 0.3 is 5.97 Å². The minimum absolute atomic E-state index is 0.0940. The molecule has 0 fully saturated rings. The molecule has 0 saturated carbocycles. The minimum atomic E-state index is -1.18. The zero-order valence-corrected chi connectivity index (χ0v) is 18.9. The van der Waals surface area contributed by atoms with Gasteiger partial charge in [-0.15, -0.1) is 0 Å². The molecule has 2 rings (SSSR count). The van der Waals surface area contributed by atoms with E-state index < -0.39 is 17.8 Å². The summed E-state index contributed by atoms with van der Waals surface area (Å²) < 4.78 is 0. The van der Waals surface area contributed by atoms with Gasteiger partial charge in [-0.1, -0.05) is 38.1 Å². The topological polar surface area (TPSA) is 141 Å². The van der Waals surface area contributed by atoms with E-state index in [-0.39, 0.29) is 18.2 Å². The van der Waals surface area contributed by atoms with E-state index >= 15 is 0 Å². The number of hydrogen-bond acceptors (Lipinski definition) is 5. The van der Waals surface area contributed by atoms with Crippen LogP contribution in [0.1, 0.15) is 44.2 Å². The third-order valence-corrected chi connectivity index (χ3v) is 4.68. The summed E-state index contributed by atoms with van der Waals surface area (Å²) in [5.41, 5.74) is 8.74. The number of aliphatic imine (C=N–C) groups is 1. The Morgan fingerprint density at radius 1 is 1.27 bits per heavy atom. The summed E-state index contributed by atoms with van der Waals surface area (Å²) in [5, 5.41) is 21.4. The number of aromatic nitrogens is 1. The van der Waals surface area contributed by atoms with Gasteiger partial charge in [0, 0.05) is 36.6 Å². The number of nitriles is 1. The van der Waals surface area contributed by atoms with E-state index in [9.17, 15) is 14.9 Å². The molecule has 8 nitrogen and oxygen atoms in total. The van der Waals surface area contributed by atoms with Crippen LogP contribution in [0.15, 0.2) is 59.9 Å². The van der Waals surface area contributed by atoms with Gasteiger partial charge in [0.2, 0.25) is 5.91 Å². The van der Waals surface area contributed by atoms with Crippen molar-refractivity contribution in [3.8, 4) is 6.07 Å². The van der Waals surface area contributed by atoms with Gasteiger partial charge in [0.15, 0.2) is 5.92 Å². The Morgan fingerprint density at radius 2 is 2.03 bits per heavy atom. The molecule has 0 spiro atoms. The lowest BCUT2D eigenvalue weighted by molar-refractivity contribution is -0.137. The quantitative estimate of drug-likeness (QED) is 0.271. The first-order valence-corrected chi connectivity index (χ1v) is 10.7. The minimum Gasteiger partial charge on any atom is -0.481 e. The second-order valence-corrected chi connectivity index (χ2v) is 7.94. The fourth-order valence-electron chi connectivity index (χ4n) is 3.08. The van der Waals surface area contributed by atoms with Crippen molar-refractivity contribution in [1.29, 1.82) is 5.26 Å². The standard InChI is InChI=1S/C25H29N5O3/c1-17(2)15-29-25(22(14-26)24(27)33)30-20-9-5-7-18(13-20)21(10-3-4-11-23(31)32)19-8-6-12-28-16-19/h5-10,12-13,16-17,22H,3-4,11,15H2,1-2H3,(H2,27,33)(H,29,30)(H,31,32). The summed E-state index contributed by atoms with van der Waals surface area (Å²) >= 11 is 0. The second-order valence-electron chi connectivity index (χ2n) is 7.94. The highest BCUT2D eigenvalue weighted by Gasteiger charge is 2.22. The van der Waals surface area contributed by atoms with Crippen molar-refractivity contribution in [3.05, 3.63) is 66.0 Å². The van der Waals surface area contributed by atoms with Crippen LogP contribution in [-0.4, -0.2) is 34.3 Å². The van der Waals surface area contributed by atoms with Crippen LogP contribution in [0.2, 0.25) is 0 Å². The molecule has 8 heteroatoms. The molecule has 0 radical (unpaired) electrons. The normalized spacial score (nSPS) is 12.8. The van der Waals surface area contributed by atoms with Crippen LogP contribution in [0, 0.1) is 23.2 Å². The average molecular weight is 448 g/mol. The SMILES string of the molecule is CC(C)CN=C(Nc1cccc(C(=CCCCC(=O)O)c2cccnc2)c1)C(C#N)C(N)=O. The number of amides is 1. The number of unbranched alkanes of at least 4 members (excludes halogenated alkanes) is 1. The Labute approximate surface area is 193 Å². The number of pyridine rings is 1. The van der Waals surface area contributed by atoms with Gasteiger partial charge in [-0.25, -0.2) is 0 Å². The number of carboxylic acids is 1. The molecule has 33 heavy (non-hydrogen) atoms. The predicted molar refractivity (Wildman–Crippen MR) is 128 cm³/mol. The van der Waals surface area contributed by atoms with Gasteiger partial charge in [-0.2, -0.15) is 5.26 Å². The summed E-state index contributed by atoms with van der Waals surface area (Å²) in [6, 6.07) is 13.2. The van der Waals surface area contributed by atoms with Crippen LogP contribution in [0.25, 0.3) is 5.57 Å². The number of benzene rings is 1. The lowest BCUT2D eigenvalue weighted by Gasteiger charge is -2.15. The van der Waals surface area contributed by atoms with Crippen molar-refractivity contribution < 1.29 is 14.7 Å². The zero-order chi connectivity index (χ0) is 24.2. The molecule has 1 aromatic heterocycles. The van der Waals surface area contributed by atoms with E-state index in [2.05, 4.69) is 15.3 Å². The van der Waals surface area contributed by atoms with Crippen molar-refractivity contribution in [2.24, 2.45) is 22.6 Å². The maximum Gasteiger partial charge on any atom is 0.303 e. The Morgan fingerprint density at radius 3 is 2.64 bits per heavy atom. The molecule has 4 N–H and O–H groups in total. The molecule has 1 unspecified atom stereocenters. The van der Waals surface area contributed by atoms with Crippen molar-refractivity contribution in [1.82, 2.24) is 4.98 Å². The number of nitrogens with two attached hydrogens (primary N) is 1. The molecule has 0 aliphatic carbocycles. The van der Waals surface area contributed by atoms with Crippen LogP contribution in [0.3, 0.4) is 0 Å². The number of aliphatic carboxylic acids is 1. The van der Waals surface area contributed by atoms with E-state index in [1.807, 2.05) is 62.4 Å². The fourth-order valence-corrected chi connectivity index (χ4v) is 3.08. The van der Waals surface area contributed by atoms with Gasteiger partial charge in [0.1, 0.15) is 5.84 Å². The number of carbonyl (C=O) groups excluding carboxylic acids is 1. The first kappa shape index (κ1) is 25.3. The van der Waals surface area contributed by atoms with Gasteiger partial charge in [-0.3, -0.25) is 19.6 Å². The van der Waals surface area contributed by atoms with E-state index in [1.54, 1.807) is 12.4 Å². The number of anilines is 1. The highest BCUT2D eigenvalue weighted by Crippen LogP contribution is 2.26. The van der Waals surface area contributed by atoms with Crippen LogP contribution in [-0.2, 0) is 9.59 Å². The van der Waals surface area contributed by atoms with Gasteiger partial charge in [0.25, 0.3) is 0 Å². The molecule has 2 aromatic rings. The first-order valence-electron chi connectivity index (χ1n) is 10.7. The maximum atomic E-state index is 11.8. The summed E-state index contributed by atoms with van der Waals surface area (Å²) in [5.74, 6) is -2.32. The van der Waals surface area contributed by atoms with Crippen molar-refractivity contribution in [3.63, 3.8) is 0 Å². The Bertz CT molecular complexity index is 1060. The van der Waals surface area contributed by atoms with E-state index in [0.717, 1.165) is 16.7 Å². The molecule has 1 atom stereocenters. The van der Waals surface area contributed by atoms with Gasteiger partial charge < -0.3 is 16.2 Å². The van der Waals surface area contributed by atoms with Crippen LogP contribution in [0.4, 0.5) is 5.69 Å². The molecular formula is C25H29N5O3.